The molecular formula is C21H20ClF3N4O4S. The molecule has 8 nitrogen and oxygen atoms in total. The highest BCUT2D eigenvalue weighted by Crippen LogP contribution is 2.36. The first-order valence-electron chi connectivity index (χ1n) is 10.1. The summed E-state index contributed by atoms with van der Waals surface area (Å²) < 4.78 is 44.2. The average molecular weight is 517 g/mol. The normalized spacial score (nSPS) is 14.0. The van der Waals surface area contributed by atoms with Crippen LogP contribution in [-0.2, 0) is 6.18 Å². The predicted octanol–water partition coefficient (Wildman–Crippen LogP) is 4.50. The smallest absolute Gasteiger partial charge is 0.416 e. The van der Waals surface area contributed by atoms with E-state index < -0.39 is 28.3 Å². The summed E-state index contributed by atoms with van der Waals surface area (Å²) in [4.78, 5) is 26.4. The van der Waals surface area contributed by atoms with Gasteiger partial charge >= 0.3 is 6.18 Å². The molecule has 13 heteroatoms. The topological polar surface area (TPSA) is 88.0 Å². The van der Waals surface area contributed by atoms with Crippen LogP contribution in [0.15, 0.2) is 36.4 Å². The molecule has 2 aromatic rings. The van der Waals surface area contributed by atoms with Crippen molar-refractivity contribution < 1.29 is 27.6 Å². The number of carbonyl (C=O) groups excluding carboxylic acids is 1. The molecule has 2 aromatic carbocycles. The highest BCUT2D eigenvalue weighted by Gasteiger charge is 2.34. The molecule has 34 heavy (non-hydrogen) atoms. The van der Waals surface area contributed by atoms with E-state index in [0.717, 1.165) is 12.1 Å². The van der Waals surface area contributed by atoms with Crippen molar-refractivity contribution in [1.29, 1.82) is 0 Å². The Kier molecular flexibility index (Phi) is 7.82. The first-order chi connectivity index (χ1) is 16.0. The van der Waals surface area contributed by atoms with E-state index in [4.69, 9.17) is 28.6 Å². The monoisotopic (exact) mass is 516 g/mol. The number of carbonyl (C=O) groups is 1. The van der Waals surface area contributed by atoms with Gasteiger partial charge in [-0.15, -0.1) is 0 Å². The summed E-state index contributed by atoms with van der Waals surface area (Å²) in [5.74, 6) is -0.00692. The molecule has 0 aliphatic carbocycles. The molecular weight excluding hydrogens is 497 g/mol. The molecule has 0 aromatic heterocycles. The molecule has 1 N–H and O–H groups in total. The van der Waals surface area contributed by atoms with E-state index in [2.05, 4.69) is 5.32 Å². The SMILES string of the molecule is CCOc1ccc(C(=O)NC(=S)N2CCN(c3ccc(C(F)(F)F)cc3[N+](=O)[O-])CC2)cc1Cl. The Morgan fingerprint density at radius 3 is 2.44 bits per heavy atom. The van der Waals surface area contributed by atoms with Crippen molar-refractivity contribution >= 4 is 46.2 Å². The fourth-order valence-corrected chi connectivity index (χ4v) is 3.94. The van der Waals surface area contributed by atoms with Gasteiger partial charge in [-0.05, 0) is 49.5 Å². The number of nitro groups is 1. The largest absolute Gasteiger partial charge is 0.492 e. The van der Waals surface area contributed by atoms with Crippen molar-refractivity contribution in [1.82, 2.24) is 10.2 Å². The number of anilines is 1. The van der Waals surface area contributed by atoms with Crippen LogP contribution >= 0.6 is 23.8 Å². The van der Waals surface area contributed by atoms with E-state index in [1.54, 1.807) is 21.9 Å². The van der Waals surface area contributed by atoms with Crippen LogP contribution in [0.2, 0.25) is 5.02 Å². The van der Waals surface area contributed by atoms with Crippen LogP contribution in [0.3, 0.4) is 0 Å². The minimum Gasteiger partial charge on any atom is -0.492 e. The van der Waals surface area contributed by atoms with Gasteiger partial charge in [-0.1, -0.05) is 11.6 Å². The van der Waals surface area contributed by atoms with E-state index >= 15 is 0 Å². The second kappa shape index (κ2) is 10.4. The summed E-state index contributed by atoms with van der Waals surface area (Å²) in [5, 5.41) is 14.4. The molecule has 1 heterocycles. The number of thiocarbonyl (C=S) groups is 1. The molecule has 1 saturated heterocycles. The summed E-state index contributed by atoms with van der Waals surface area (Å²) >= 11 is 11.4. The maximum atomic E-state index is 12.9. The Hall–Kier alpha value is -3.12. The van der Waals surface area contributed by atoms with Crippen LogP contribution < -0.4 is 15.0 Å². The summed E-state index contributed by atoms with van der Waals surface area (Å²) in [5.41, 5.74) is -1.32. The lowest BCUT2D eigenvalue weighted by atomic mass is 10.1. The van der Waals surface area contributed by atoms with Gasteiger partial charge in [0.1, 0.15) is 11.4 Å². The predicted molar refractivity (Wildman–Crippen MR) is 125 cm³/mol. The van der Waals surface area contributed by atoms with Crippen LogP contribution in [0, 0.1) is 10.1 Å². The maximum absolute atomic E-state index is 12.9. The quantitative estimate of drug-likeness (QED) is 0.355. The Morgan fingerprint density at radius 2 is 1.88 bits per heavy atom. The van der Waals surface area contributed by atoms with Gasteiger partial charge in [-0.2, -0.15) is 13.2 Å². The minimum atomic E-state index is -4.68. The van der Waals surface area contributed by atoms with E-state index in [-0.39, 0.29) is 34.5 Å². The van der Waals surface area contributed by atoms with E-state index in [1.165, 1.54) is 6.07 Å². The first kappa shape index (κ1) is 25.5. The zero-order valence-corrected chi connectivity index (χ0v) is 19.5. The van der Waals surface area contributed by atoms with Crippen molar-refractivity contribution in [2.24, 2.45) is 0 Å². The standard InChI is InChI=1S/C21H20ClF3N4O4S/c1-2-33-18-6-3-13(11-15(18)22)19(30)26-20(34)28-9-7-27(8-10-28)16-5-4-14(21(23,24)25)12-17(16)29(31)32/h3-6,11-12H,2,7-10H2,1H3,(H,26,30,34). The molecule has 1 aliphatic rings. The lowest BCUT2D eigenvalue weighted by Gasteiger charge is -2.37. The molecule has 0 unspecified atom stereocenters. The summed E-state index contributed by atoms with van der Waals surface area (Å²) in [6.45, 7) is 3.37. The molecule has 1 aliphatic heterocycles. The summed E-state index contributed by atoms with van der Waals surface area (Å²) in [6.07, 6.45) is -4.68. The number of piperazine rings is 1. The van der Waals surface area contributed by atoms with Gasteiger partial charge in [0, 0.05) is 37.8 Å². The van der Waals surface area contributed by atoms with Crippen LogP contribution in [0.5, 0.6) is 5.75 Å². The number of nitro benzene ring substituents is 1. The average Bonchev–Trinajstić information content (AvgIpc) is 2.79. The van der Waals surface area contributed by atoms with Crippen molar-refractivity contribution in [3.05, 3.63) is 62.7 Å². The van der Waals surface area contributed by atoms with Crippen molar-refractivity contribution in [2.75, 3.05) is 37.7 Å². The van der Waals surface area contributed by atoms with E-state index in [0.29, 0.717) is 31.5 Å². The molecule has 0 radical (unpaired) electrons. The Bertz CT molecular complexity index is 1110. The Balaban J connectivity index is 1.63. The lowest BCUT2D eigenvalue weighted by molar-refractivity contribution is -0.384. The number of nitrogens with one attached hydrogen (secondary N) is 1. The minimum absolute atomic E-state index is 0.0941. The fourth-order valence-electron chi connectivity index (χ4n) is 3.43. The summed E-state index contributed by atoms with van der Waals surface area (Å²) in [7, 11) is 0. The van der Waals surface area contributed by atoms with Crippen LogP contribution in [0.25, 0.3) is 0 Å². The van der Waals surface area contributed by atoms with Gasteiger partial charge in [-0.25, -0.2) is 0 Å². The highest BCUT2D eigenvalue weighted by molar-refractivity contribution is 7.80. The lowest BCUT2D eigenvalue weighted by Crippen LogP contribution is -2.52. The second-order valence-electron chi connectivity index (χ2n) is 7.27. The molecule has 3 rings (SSSR count). The van der Waals surface area contributed by atoms with Gasteiger partial charge in [-0.3, -0.25) is 20.2 Å². The third-order valence-corrected chi connectivity index (χ3v) is 5.78. The van der Waals surface area contributed by atoms with Crippen LogP contribution in [-0.4, -0.2) is 53.6 Å². The van der Waals surface area contributed by atoms with E-state index in [1.807, 2.05) is 6.92 Å². The second-order valence-corrected chi connectivity index (χ2v) is 8.06. The van der Waals surface area contributed by atoms with Crippen LogP contribution in [0.4, 0.5) is 24.5 Å². The number of hydrogen-bond donors (Lipinski definition) is 1. The Morgan fingerprint density at radius 1 is 1.21 bits per heavy atom. The van der Waals surface area contributed by atoms with Gasteiger partial charge in [0.25, 0.3) is 11.6 Å². The molecule has 0 bridgehead atoms. The van der Waals surface area contributed by atoms with Gasteiger partial charge in [0.15, 0.2) is 5.11 Å². The molecule has 0 saturated carbocycles. The van der Waals surface area contributed by atoms with Crippen molar-refractivity contribution in [3.8, 4) is 5.75 Å². The third-order valence-electron chi connectivity index (χ3n) is 5.12. The molecule has 0 atom stereocenters. The maximum Gasteiger partial charge on any atom is 0.416 e. The molecule has 182 valence electrons. The highest BCUT2D eigenvalue weighted by atomic mass is 35.5. The fraction of sp³-hybridized carbons (Fsp3) is 0.333. The molecule has 1 fully saturated rings. The number of hydrogen-bond acceptors (Lipinski definition) is 6. The number of nitrogens with zero attached hydrogens (tertiary/aromatic N) is 3. The summed E-state index contributed by atoms with van der Waals surface area (Å²) in [6, 6.07) is 7.06. The number of amides is 1. The van der Waals surface area contributed by atoms with Crippen molar-refractivity contribution in [2.45, 2.75) is 13.1 Å². The Labute approximate surface area is 203 Å². The van der Waals surface area contributed by atoms with Crippen molar-refractivity contribution in [3.63, 3.8) is 0 Å². The zero-order valence-electron chi connectivity index (χ0n) is 17.9. The number of alkyl halides is 3. The van der Waals surface area contributed by atoms with Gasteiger partial charge in [0.2, 0.25) is 0 Å². The van der Waals surface area contributed by atoms with Gasteiger partial charge < -0.3 is 14.5 Å². The number of benzene rings is 2. The van der Waals surface area contributed by atoms with Crippen LogP contribution in [0.1, 0.15) is 22.8 Å². The molecule has 0 spiro atoms. The first-order valence-corrected chi connectivity index (χ1v) is 10.9. The third kappa shape index (κ3) is 5.86. The number of rotatable bonds is 5. The van der Waals surface area contributed by atoms with E-state index in [9.17, 15) is 28.1 Å². The van der Waals surface area contributed by atoms with Gasteiger partial charge in [0.05, 0.1) is 22.1 Å². The number of ether oxygens (including phenoxy) is 1. The number of halogens is 4. The zero-order chi connectivity index (χ0) is 25.0. The molecule has 1 amide bonds.